The molecule has 2 N–H and O–H groups in total. The molecule has 1 amide bonds. The second kappa shape index (κ2) is 8.52. The molecule has 2 rings (SSSR count). The molecule has 0 bridgehead atoms. The Bertz CT molecular complexity index is 742. The van der Waals surface area contributed by atoms with Crippen LogP contribution in [0.4, 0.5) is 0 Å². The van der Waals surface area contributed by atoms with E-state index in [1.54, 1.807) is 45.2 Å². The van der Waals surface area contributed by atoms with E-state index in [9.17, 15) is 14.7 Å². The fourth-order valence-corrected chi connectivity index (χ4v) is 2.96. The number of carbonyl (C=O) groups excluding carboxylic acids is 1. The molecule has 0 radical (unpaired) electrons. The highest BCUT2D eigenvalue weighted by molar-refractivity contribution is 5.89. The summed E-state index contributed by atoms with van der Waals surface area (Å²) in [5, 5.41) is 12.6. The van der Waals surface area contributed by atoms with Crippen LogP contribution in [-0.4, -0.2) is 24.1 Å². The predicted octanol–water partition coefficient (Wildman–Crippen LogP) is 3.38. The van der Waals surface area contributed by atoms with Crippen LogP contribution in [0.5, 0.6) is 5.75 Å². The van der Waals surface area contributed by atoms with E-state index in [0.29, 0.717) is 12.0 Å². The lowest BCUT2D eigenvalue weighted by Gasteiger charge is -2.31. The molecular weight excluding hydrogens is 330 g/mol. The van der Waals surface area contributed by atoms with Gasteiger partial charge in [-0.1, -0.05) is 56.3 Å². The van der Waals surface area contributed by atoms with E-state index in [0.717, 1.165) is 11.3 Å². The summed E-state index contributed by atoms with van der Waals surface area (Å²) >= 11 is 0. The molecule has 5 nitrogen and oxygen atoms in total. The fourth-order valence-electron chi connectivity index (χ4n) is 2.96. The fraction of sp³-hybridized carbons (Fsp3) is 0.333. The largest absolute Gasteiger partial charge is 0.497 e. The molecule has 26 heavy (non-hydrogen) atoms. The normalized spacial score (nSPS) is 14.1. The molecule has 0 aliphatic rings. The summed E-state index contributed by atoms with van der Waals surface area (Å²) in [5.41, 5.74) is 0.137. The van der Waals surface area contributed by atoms with E-state index in [4.69, 9.17) is 4.74 Å². The molecule has 5 heteroatoms. The van der Waals surface area contributed by atoms with Gasteiger partial charge in [0.05, 0.1) is 7.11 Å². The number of carboxylic acids is 1. The third-order valence-corrected chi connectivity index (χ3v) is 4.65. The smallest absolute Gasteiger partial charge is 0.334 e. The zero-order valence-corrected chi connectivity index (χ0v) is 15.4. The number of hydrogen-bond donors (Lipinski definition) is 2. The number of methoxy groups -OCH3 is 1. The standard InChI is InChI=1S/C21H25NO4/c1-4-21(20(24)25,17-8-6-5-7-9-17)22-19(23)15(2)14-16-10-12-18(26-3)13-11-16/h5-13,15H,4,14H2,1-3H3,(H,22,23)(H,24,25). The molecule has 0 aliphatic carbocycles. The molecule has 138 valence electrons. The lowest BCUT2D eigenvalue weighted by molar-refractivity contribution is -0.149. The Kier molecular flexibility index (Phi) is 6.39. The summed E-state index contributed by atoms with van der Waals surface area (Å²) < 4.78 is 5.13. The summed E-state index contributed by atoms with van der Waals surface area (Å²) in [6, 6.07) is 16.3. The summed E-state index contributed by atoms with van der Waals surface area (Å²) in [6.45, 7) is 3.56. The Hall–Kier alpha value is -2.82. The Balaban J connectivity index is 2.16. The van der Waals surface area contributed by atoms with Crippen molar-refractivity contribution in [2.24, 2.45) is 5.92 Å². The topological polar surface area (TPSA) is 75.6 Å². The third-order valence-electron chi connectivity index (χ3n) is 4.65. The number of nitrogens with one attached hydrogen (secondary N) is 1. The highest BCUT2D eigenvalue weighted by Gasteiger charge is 2.40. The molecule has 0 fully saturated rings. The lowest BCUT2D eigenvalue weighted by atomic mass is 9.86. The minimum Gasteiger partial charge on any atom is -0.497 e. The highest BCUT2D eigenvalue weighted by Crippen LogP contribution is 2.26. The second-order valence-electron chi connectivity index (χ2n) is 6.37. The van der Waals surface area contributed by atoms with Gasteiger partial charge in [-0.25, -0.2) is 4.79 Å². The molecule has 2 atom stereocenters. The predicted molar refractivity (Wildman–Crippen MR) is 100 cm³/mol. The minimum atomic E-state index is -1.42. The van der Waals surface area contributed by atoms with E-state index in [-0.39, 0.29) is 18.2 Å². The lowest BCUT2D eigenvalue weighted by Crippen LogP contribution is -2.53. The van der Waals surface area contributed by atoms with Gasteiger partial charge in [-0.3, -0.25) is 4.79 Å². The van der Waals surface area contributed by atoms with Crippen molar-refractivity contribution in [1.29, 1.82) is 0 Å². The number of carboxylic acid groups (broad SMARTS) is 1. The maximum Gasteiger partial charge on any atom is 0.334 e. The van der Waals surface area contributed by atoms with Gasteiger partial charge >= 0.3 is 5.97 Å². The summed E-state index contributed by atoms with van der Waals surface area (Å²) in [7, 11) is 1.60. The second-order valence-corrected chi connectivity index (χ2v) is 6.37. The maximum absolute atomic E-state index is 12.7. The molecule has 0 heterocycles. The van der Waals surface area contributed by atoms with Gasteiger partial charge in [0, 0.05) is 5.92 Å². The first kappa shape index (κ1) is 19.5. The van der Waals surface area contributed by atoms with Gasteiger partial charge in [0.2, 0.25) is 5.91 Å². The highest BCUT2D eigenvalue weighted by atomic mass is 16.5. The maximum atomic E-state index is 12.7. The molecule has 2 aromatic carbocycles. The van der Waals surface area contributed by atoms with E-state index in [1.807, 2.05) is 30.3 Å². The third kappa shape index (κ3) is 4.23. The molecule has 0 saturated carbocycles. The Labute approximate surface area is 154 Å². The Morgan fingerprint density at radius 2 is 1.73 bits per heavy atom. The van der Waals surface area contributed by atoms with E-state index in [1.165, 1.54) is 0 Å². The van der Waals surface area contributed by atoms with Crippen molar-refractivity contribution in [3.05, 3.63) is 65.7 Å². The van der Waals surface area contributed by atoms with Gasteiger partial charge in [0.15, 0.2) is 5.54 Å². The van der Waals surface area contributed by atoms with E-state index in [2.05, 4.69) is 5.32 Å². The van der Waals surface area contributed by atoms with Crippen molar-refractivity contribution < 1.29 is 19.4 Å². The van der Waals surface area contributed by atoms with Crippen LogP contribution >= 0.6 is 0 Å². The van der Waals surface area contributed by atoms with Crippen LogP contribution in [0.1, 0.15) is 31.4 Å². The van der Waals surface area contributed by atoms with Gasteiger partial charge in [0.25, 0.3) is 0 Å². The molecule has 2 unspecified atom stereocenters. The van der Waals surface area contributed by atoms with Gasteiger partial charge in [-0.15, -0.1) is 0 Å². The average Bonchev–Trinajstić information content (AvgIpc) is 2.67. The SMILES string of the molecule is CCC(NC(=O)C(C)Cc1ccc(OC)cc1)(C(=O)O)c1ccccc1. The van der Waals surface area contributed by atoms with Crippen LogP contribution in [0.2, 0.25) is 0 Å². The molecule has 2 aromatic rings. The number of aliphatic carboxylic acids is 1. The van der Waals surface area contributed by atoms with Crippen molar-refractivity contribution in [2.45, 2.75) is 32.2 Å². The van der Waals surface area contributed by atoms with E-state index < -0.39 is 11.5 Å². The van der Waals surface area contributed by atoms with Crippen molar-refractivity contribution in [3.63, 3.8) is 0 Å². The summed E-state index contributed by atoms with van der Waals surface area (Å²) in [4.78, 5) is 24.7. The van der Waals surface area contributed by atoms with Crippen molar-refractivity contribution in [1.82, 2.24) is 5.32 Å². The molecule has 0 saturated heterocycles. The van der Waals surface area contributed by atoms with Crippen molar-refractivity contribution in [2.75, 3.05) is 7.11 Å². The number of benzene rings is 2. The van der Waals surface area contributed by atoms with Crippen LogP contribution < -0.4 is 10.1 Å². The molecule has 0 aliphatic heterocycles. The average molecular weight is 355 g/mol. The van der Waals surface area contributed by atoms with Crippen LogP contribution in [0.15, 0.2) is 54.6 Å². The number of rotatable bonds is 8. The first-order valence-electron chi connectivity index (χ1n) is 8.66. The van der Waals surface area contributed by atoms with Gasteiger partial charge in [-0.05, 0) is 36.1 Å². The van der Waals surface area contributed by atoms with Crippen LogP contribution in [0.25, 0.3) is 0 Å². The quantitative estimate of drug-likeness (QED) is 0.761. The van der Waals surface area contributed by atoms with Crippen LogP contribution in [0.3, 0.4) is 0 Å². The zero-order valence-electron chi connectivity index (χ0n) is 15.4. The van der Waals surface area contributed by atoms with Crippen LogP contribution in [-0.2, 0) is 21.5 Å². The summed E-state index contributed by atoms with van der Waals surface area (Å²) in [5.74, 6) is -0.951. The molecule has 0 aromatic heterocycles. The van der Waals surface area contributed by atoms with Crippen molar-refractivity contribution >= 4 is 11.9 Å². The van der Waals surface area contributed by atoms with Gasteiger partial charge < -0.3 is 15.2 Å². The zero-order chi connectivity index (χ0) is 19.2. The minimum absolute atomic E-state index is 0.257. The van der Waals surface area contributed by atoms with Gasteiger partial charge in [-0.2, -0.15) is 0 Å². The first-order valence-corrected chi connectivity index (χ1v) is 8.66. The first-order chi connectivity index (χ1) is 12.4. The molecule has 0 spiro atoms. The van der Waals surface area contributed by atoms with Crippen molar-refractivity contribution in [3.8, 4) is 5.75 Å². The number of ether oxygens (including phenoxy) is 1. The number of carbonyl (C=O) groups is 2. The number of amides is 1. The van der Waals surface area contributed by atoms with Crippen LogP contribution in [0, 0.1) is 5.92 Å². The van der Waals surface area contributed by atoms with E-state index >= 15 is 0 Å². The number of hydrogen-bond acceptors (Lipinski definition) is 3. The summed E-state index contributed by atoms with van der Waals surface area (Å²) in [6.07, 6.45) is 0.775. The van der Waals surface area contributed by atoms with Gasteiger partial charge in [0.1, 0.15) is 5.75 Å². The Morgan fingerprint density at radius 3 is 2.23 bits per heavy atom. The Morgan fingerprint density at radius 1 is 1.12 bits per heavy atom. The molecular formula is C21H25NO4. The monoisotopic (exact) mass is 355 g/mol.